The lowest BCUT2D eigenvalue weighted by Gasteiger charge is -2.21. The Kier molecular flexibility index (Phi) is 7.20. The number of aromatic nitrogens is 2. The van der Waals surface area contributed by atoms with Crippen molar-refractivity contribution in [1.82, 2.24) is 20.6 Å². The minimum absolute atomic E-state index is 0.0921. The molecule has 23 heavy (non-hydrogen) atoms. The quantitative estimate of drug-likeness (QED) is 0.394. The van der Waals surface area contributed by atoms with Gasteiger partial charge in [-0.25, -0.2) is 9.78 Å². The summed E-state index contributed by atoms with van der Waals surface area (Å²) in [5.41, 5.74) is 0.638. The topological polar surface area (TPSA) is 144 Å². The minimum atomic E-state index is -1.12. The summed E-state index contributed by atoms with van der Waals surface area (Å²) in [6.45, 7) is 3.30. The van der Waals surface area contributed by atoms with Gasteiger partial charge in [-0.1, -0.05) is 13.8 Å². The van der Waals surface area contributed by atoms with Crippen LogP contribution >= 0.6 is 0 Å². The fourth-order valence-corrected chi connectivity index (χ4v) is 2.05. The molecule has 1 heterocycles. The van der Waals surface area contributed by atoms with Crippen LogP contribution in [0, 0.1) is 5.92 Å². The van der Waals surface area contributed by atoms with Crippen molar-refractivity contribution in [1.29, 1.82) is 0 Å². The van der Waals surface area contributed by atoms with E-state index in [9.17, 15) is 19.5 Å². The van der Waals surface area contributed by atoms with Crippen molar-refractivity contribution in [3.05, 3.63) is 18.2 Å². The first-order valence-electron chi connectivity index (χ1n) is 7.25. The Bertz CT molecular complexity index is 529. The maximum absolute atomic E-state index is 12.3. The van der Waals surface area contributed by atoms with Crippen LogP contribution in [0.3, 0.4) is 0 Å². The van der Waals surface area contributed by atoms with Gasteiger partial charge in [-0.15, -0.1) is 0 Å². The van der Waals surface area contributed by atoms with E-state index < -0.39 is 36.5 Å². The average molecular weight is 326 g/mol. The largest absolute Gasteiger partial charge is 0.480 e. The normalized spacial score (nSPS) is 13.5. The molecule has 128 valence electrons. The molecular formula is C14H22N4O5. The highest BCUT2D eigenvalue weighted by atomic mass is 16.4. The summed E-state index contributed by atoms with van der Waals surface area (Å²) in [7, 11) is 0. The second-order valence-electron chi connectivity index (χ2n) is 5.64. The van der Waals surface area contributed by atoms with Crippen LogP contribution in [0.2, 0.25) is 0 Å². The monoisotopic (exact) mass is 326 g/mol. The van der Waals surface area contributed by atoms with Crippen molar-refractivity contribution >= 4 is 17.8 Å². The maximum atomic E-state index is 12.3. The van der Waals surface area contributed by atoms with Gasteiger partial charge in [0, 0.05) is 18.3 Å². The molecule has 0 bridgehead atoms. The molecule has 0 aliphatic rings. The van der Waals surface area contributed by atoms with Gasteiger partial charge in [-0.05, 0) is 12.3 Å². The molecule has 0 saturated heterocycles. The molecule has 0 aliphatic carbocycles. The van der Waals surface area contributed by atoms with E-state index in [4.69, 9.17) is 5.11 Å². The first kappa shape index (κ1) is 18.6. The van der Waals surface area contributed by atoms with Crippen LogP contribution in [0.15, 0.2) is 12.5 Å². The number of rotatable bonds is 10. The van der Waals surface area contributed by atoms with E-state index in [-0.39, 0.29) is 18.8 Å². The highest BCUT2D eigenvalue weighted by Gasteiger charge is 2.26. The van der Waals surface area contributed by atoms with Crippen LogP contribution in [0.25, 0.3) is 0 Å². The van der Waals surface area contributed by atoms with Gasteiger partial charge < -0.3 is 20.5 Å². The van der Waals surface area contributed by atoms with Crippen LogP contribution in [0.1, 0.15) is 26.0 Å². The van der Waals surface area contributed by atoms with Crippen LogP contribution in [0.5, 0.6) is 0 Å². The summed E-state index contributed by atoms with van der Waals surface area (Å²) in [5, 5.41) is 23.0. The third-order valence-electron chi connectivity index (χ3n) is 3.12. The first-order valence-corrected chi connectivity index (χ1v) is 7.25. The second kappa shape index (κ2) is 8.89. The number of imidazole rings is 1. The number of carboxylic acid groups (broad SMARTS) is 2. The summed E-state index contributed by atoms with van der Waals surface area (Å²) < 4.78 is 0. The number of amides is 1. The Morgan fingerprint density at radius 2 is 1.96 bits per heavy atom. The molecule has 5 N–H and O–H groups in total. The number of hydrogen-bond acceptors (Lipinski definition) is 5. The summed E-state index contributed by atoms with van der Waals surface area (Å²) in [6, 6.07) is -1.89. The summed E-state index contributed by atoms with van der Waals surface area (Å²) in [6.07, 6.45) is 3.43. The number of carboxylic acids is 2. The van der Waals surface area contributed by atoms with Crippen LogP contribution in [0.4, 0.5) is 0 Å². The molecule has 0 spiro atoms. The van der Waals surface area contributed by atoms with E-state index in [0.29, 0.717) is 5.69 Å². The molecule has 0 aromatic carbocycles. The molecule has 0 saturated carbocycles. The fraction of sp³-hybridized carbons (Fsp3) is 0.571. The van der Waals surface area contributed by atoms with Gasteiger partial charge in [-0.3, -0.25) is 14.9 Å². The van der Waals surface area contributed by atoms with Crippen molar-refractivity contribution < 1.29 is 24.6 Å². The molecule has 9 heteroatoms. The van der Waals surface area contributed by atoms with E-state index in [0.717, 1.165) is 0 Å². The number of carbonyl (C=O) groups excluding carboxylic acids is 1. The van der Waals surface area contributed by atoms with Crippen molar-refractivity contribution in [2.24, 2.45) is 5.92 Å². The number of nitrogens with one attached hydrogen (secondary N) is 3. The number of aromatic amines is 1. The molecule has 1 aromatic heterocycles. The van der Waals surface area contributed by atoms with Crippen molar-refractivity contribution in [2.75, 3.05) is 6.54 Å². The number of carbonyl (C=O) groups is 3. The van der Waals surface area contributed by atoms with Crippen molar-refractivity contribution in [3.63, 3.8) is 0 Å². The average Bonchev–Trinajstić information content (AvgIpc) is 2.94. The summed E-state index contributed by atoms with van der Waals surface area (Å²) in [4.78, 5) is 40.9. The second-order valence-corrected chi connectivity index (χ2v) is 5.64. The molecule has 1 aromatic rings. The zero-order valence-electron chi connectivity index (χ0n) is 13.1. The van der Waals surface area contributed by atoms with Gasteiger partial charge in [0.15, 0.2) is 0 Å². The zero-order valence-corrected chi connectivity index (χ0v) is 13.1. The molecular weight excluding hydrogens is 304 g/mol. The third kappa shape index (κ3) is 6.92. The van der Waals surface area contributed by atoms with E-state index in [1.807, 2.05) is 13.8 Å². The van der Waals surface area contributed by atoms with E-state index >= 15 is 0 Å². The summed E-state index contributed by atoms with van der Waals surface area (Å²) >= 11 is 0. The number of hydrogen-bond donors (Lipinski definition) is 5. The SMILES string of the molecule is CC(C)C[C@H](NC(=O)[C@@H](Cc1cnc[nH]1)NCC(=O)O)C(=O)O. The van der Waals surface area contributed by atoms with E-state index in [1.165, 1.54) is 12.5 Å². The predicted molar refractivity (Wildman–Crippen MR) is 80.7 cm³/mol. The molecule has 0 aliphatic heterocycles. The van der Waals surface area contributed by atoms with Crippen LogP contribution in [-0.2, 0) is 20.8 Å². The molecule has 0 radical (unpaired) electrons. The van der Waals surface area contributed by atoms with Crippen molar-refractivity contribution in [3.8, 4) is 0 Å². The number of nitrogens with zero attached hydrogens (tertiary/aromatic N) is 1. The first-order chi connectivity index (χ1) is 10.8. The van der Waals surface area contributed by atoms with Gasteiger partial charge in [0.25, 0.3) is 0 Å². The van der Waals surface area contributed by atoms with Gasteiger partial charge in [-0.2, -0.15) is 0 Å². The summed E-state index contributed by atoms with van der Waals surface area (Å²) in [5.74, 6) is -2.70. The highest BCUT2D eigenvalue weighted by molar-refractivity contribution is 5.87. The Labute approximate surface area is 133 Å². The predicted octanol–water partition coefficient (Wildman–Crippen LogP) is -0.389. The Hall–Kier alpha value is -2.42. The lowest BCUT2D eigenvalue weighted by Crippen LogP contribution is -2.52. The minimum Gasteiger partial charge on any atom is -0.480 e. The zero-order chi connectivity index (χ0) is 17.4. The third-order valence-corrected chi connectivity index (χ3v) is 3.12. The van der Waals surface area contributed by atoms with E-state index in [1.54, 1.807) is 0 Å². The number of aliphatic carboxylic acids is 2. The van der Waals surface area contributed by atoms with Gasteiger partial charge >= 0.3 is 11.9 Å². The van der Waals surface area contributed by atoms with E-state index in [2.05, 4.69) is 20.6 Å². The standard InChI is InChI=1S/C14H22N4O5/c1-8(2)3-11(14(22)23)18-13(21)10(16-6-12(19)20)4-9-5-15-7-17-9/h5,7-8,10-11,16H,3-4,6H2,1-2H3,(H,15,17)(H,18,21)(H,19,20)(H,22,23)/t10-,11+/m1/s1. The fourth-order valence-electron chi connectivity index (χ4n) is 2.05. The molecule has 0 fully saturated rings. The smallest absolute Gasteiger partial charge is 0.326 e. The van der Waals surface area contributed by atoms with Gasteiger partial charge in [0.05, 0.1) is 18.9 Å². The molecule has 1 amide bonds. The Balaban J connectivity index is 2.75. The number of H-pyrrole nitrogens is 1. The lowest BCUT2D eigenvalue weighted by molar-refractivity contribution is -0.143. The van der Waals surface area contributed by atoms with Crippen LogP contribution < -0.4 is 10.6 Å². The molecule has 2 atom stereocenters. The van der Waals surface area contributed by atoms with Crippen LogP contribution in [-0.4, -0.2) is 56.7 Å². The van der Waals surface area contributed by atoms with Gasteiger partial charge in [0.1, 0.15) is 6.04 Å². The maximum Gasteiger partial charge on any atom is 0.326 e. The van der Waals surface area contributed by atoms with Crippen molar-refractivity contribution in [2.45, 2.75) is 38.8 Å². The Morgan fingerprint density at radius 1 is 1.26 bits per heavy atom. The van der Waals surface area contributed by atoms with Gasteiger partial charge in [0.2, 0.25) is 5.91 Å². The highest BCUT2D eigenvalue weighted by Crippen LogP contribution is 2.06. The lowest BCUT2D eigenvalue weighted by atomic mass is 10.0. The molecule has 9 nitrogen and oxygen atoms in total. The molecule has 0 unspecified atom stereocenters. The molecule has 1 rings (SSSR count). The Morgan fingerprint density at radius 3 is 2.43 bits per heavy atom.